The fourth-order valence-electron chi connectivity index (χ4n) is 2.21. The number of alkyl halides is 1. The lowest BCUT2D eigenvalue weighted by atomic mass is 10.2. The molecule has 0 saturated heterocycles. The zero-order chi connectivity index (χ0) is 15.0. The van der Waals surface area contributed by atoms with Crippen LogP contribution in [0.1, 0.15) is 11.4 Å². The molecule has 3 rings (SSSR count). The lowest BCUT2D eigenvalue weighted by Gasteiger charge is -2.10. The number of fused-ring (bicyclic) bond motifs is 1. The molecule has 1 aromatic heterocycles. The van der Waals surface area contributed by atoms with Crippen LogP contribution in [0.25, 0.3) is 16.7 Å². The predicted molar refractivity (Wildman–Crippen MR) is 80.3 cm³/mol. The summed E-state index contributed by atoms with van der Waals surface area (Å²) in [4.78, 5) is 4.37. The summed E-state index contributed by atoms with van der Waals surface area (Å²) < 4.78 is 15.2. The molecule has 6 heteroatoms. The van der Waals surface area contributed by atoms with Gasteiger partial charge in [-0.2, -0.15) is 5.26 Å². The summed E-state index contributed by atoms with van der Waals surface area (Å²) in [5.41, 5.74) is 2.27. The van der Waals surface area contributed by atoms with Gasteiger partial charge < -0.3 is 0 Å². The quantitative estimate of drug-likeness (QED) is 0.656. The molecule has 0 aliphatic heterocycles. The predicted octanol–water partition coefficient (Wildman–Crippen LogP) is 4.43. The van der Waals surface area contributed by atoms with Crippen LogP contribution in [0.5, 0.6) is 0 Å². The van der Waals surface area contributed by atoms with Crippen LogP contribution in [0, 0.1) is 17.1 Å². The summed E-state index contributed by atoms with van der Waals surface area (Å²) in [7, 11) is 0. The summed E-state index contributed by atoms with van der Waals surface area (Å²) in [5.74, 6) is 0.352. The number of hydrogen-bond acceptors (Lipinski definition) is 2. The van der Waals surface area contributed by atoms with Gasteiger partial charge in [-0.25, -0.2) is 9.37 Å². The zero-order valence-electron chi connectivity index (χ0n) is 10.6. The highest BCUT2D eigenvalue weighted by Gasteiger charge is 2.15. The Morgan fingerprint density at radius 2 is 2.05 bits per heavy atom. The first-order valence-corrected chi connectivity index (χ1v) is 6.98. The molecule has 0 atom stereocenters. The van der Waals surface area contributed by atoms with Gasteiger partial charge in [-0.05, 0) is 30.3 Å². The Bertz CT molecular complexity index is 880. The standard InChI is InChI=1S/C15H8Cl2FN3/c16-7-15-20-12-3-2-10(18)6-14(12)21(15)13-4-1-9(8-19)5-11(13)17/h1-6H,7H2. The number of benzene rings is 2. The maximum Gasteiger partial charge on any atom is 0.129 e. The van der Waals surface area contributed by atoms with Crippen molar-refractivity contribution in [3.05, 3.63) is 58.6 Å². The van der Waals surface area contributed by atoms with E-state index in [1.54, 1.807) is 28.8 Å². The van der Waals surface area contributed by atoms with Crippen molar-refractivity contribution in [2.75, 3.05) is 0 Å². The van der Waals surface area contributed by atoms with Gasteiger partial charge in [0.15, 0.2) is 0 Å². The van der Waals surface area contributed by atoms with Crippen LogP contribution < -0.4 is 0 Å². The average Bonchev–Trinajstić information content (AvgIpc) is 2.84. The summed E-state index contributed by atoms with van der Waals surface area (Å²) >= 11 is 12.2. The van der Waals surface area contributed by atoms with Gasteiger partial charge in [-0.15, -0.1) is 11.6 Å². The Balaban J connectivity index is 2.33. The van der Waals surface area contributed by atoms with Crippen LogP contribution in [0.15, 0.2) is 36.4 Å². The molecule has 3 nitrogen and oxygen atoms in total. The number of imidazole rings is 1. The Morgan fingerprint density at radius 3 is 2.71 bits per heavy atom. The molecule has 0 saturated carbocycles. The normalized spacial score (nSPS) is 10.8. The highest BCUT2D eigenvalue weighted by atomic mass is 35.5. The number of nitrogens with zero attached hydrogens (tertiary/aromatic N) is 3. The molecule has 0 spiro atoms. The molecule has 1 heterocycles. The maximum absolute atomic E-state index is 13.5. The second-order valence-electron chi connectivity index (χ2n) is 4.41. The molecule has 0 amide bonds. The van der Waals surface area contributed by atoms with Crippen LogP contribution >= 0.6 is 23.2 Å². The van der Waals surface area contributed by atoms with Gasteiger partial charge in [0.05, 0.1) is 39.3 Å². The number of rotatable bonds is 2. The van der Waals surface area contributed by atoms with Gasteiger partial charge in [0.2, 0.25) is 0 Å². The molecule has 0 unspecified atom stereocenters. The SMILES string of the molecule is N#Cc1ccc(-n2c(CCl)nc3ccc(F)cc32)c(Cl)c1. The fraction of sp³-hybridized carbons (Fsp3) is 0.0667. The minimum Gasteiger partial charge on any atom is -0.294 e. The van der Waals surface area contributed by atoms with E-state index in [-0.39, 0.29) is 11.7 Å². The molecule has 0 aliphatic rings. The van der Waals surface area contributed by atoms with Crippen molar-refractivity contribution in [3.63, 3.8) is 0 Å². The second kappa shape index (κ2) is 5.36. The Labute approximate surface area is 130 Å². The molecule has 0 bridgehead atoms. The van der Waals surface area contributed by atoms with Crippen molar-refractivity contribution in [1.82, 2.24) is 9.55 Å². The minimum atomic E-state index is -0.366. The third-order valence-electron chi connectivity index (χ3n) is 3.12. The first-order valence-electron chi connectivity index (χ1n) is 6.07. The molecule has 2 aromatic carbocycles. The molecule has 21 heavy (non-hydrogen) atoms. The third kappa shape index (κ3) is 2.35. The molecular weight excluding hydrogens is 312 g/mol. The smallest absolute Gasteiger partial charge is 0.129 e. The average molecular weight is 320 g/mol. The van der Waals surface area contributed by atoms with Crippen LogP contribution in [0.4, 0.5) is 4.39 Å². The van der Waals surface area contributed by atoms with Gasteiger partial charge >= 0.3 is 0 Å². The van der Waals surface area contributed by atoms with E-state index in [1.807, 2.05) is 6.07 Å². The lowest BCUT2D eigenvalue weighted by Crippen LogP contribution is -2.00. The van der Waals surface area contributed by atoms with Crippen molar-refractivity contribution in [1.29, 1.82) is 5.26 Å². The van der Waals surface area contributed by atoms with E-state index in [0.29, 0.717) is 33.1 Å². The van der Waals surface area contributed by atoms with E-state index in [9.17, 15) is 4.39 Å². The lowest BCUT2D eigenvalue weighted by molar-refractivity contribution is 0.629. The van der Waals surface area contributed by atoms with Gasteiger partial charge in [0.25, 0.3) is 0 Å². The molecule has 0 fully saturated rings. The summed E-state index contributed by atoms with van der Waals surface area (Å²) in [6.45, 7) is 0. The highest BCUT2D eigenvalue weighted by molar-refractivity contribution is 6.32. The molecule has 104 valence electrons. The van der Waals surface area contributed by atoms with Crippen molar-refractivity contribution in [2.24, 2.45) is 0 Å². The molecule has 0 aliphatic carbocycles. The molecule has 0 N–H and O–H groups in total. The first-order chi connectivity index (χ1) is 10.1. The zero-order valence-corrected chi connectivity index (χ0v) is 12.2. The molecule has 3 aromatic rings. The number of hydrogen-bond donors (Lipinski definition) is 0. The van der Waals surface area contributed by atoms with Crippen molar-refractivity contribution < 1.29 is 4.39 Å². The fourth-order valence-corrected chi connectivity index (χ4v) is 2.66. The first kappa shape index (κ1) is 13.9. The number of aromatic nitrogens is 2. The van der Waals surface area contributed by atoms with Gasteiger partial charge in [-0.1, -0.05) is 11.6 Å². The Morgan fingerprint density at radius 1 is 1.24 bits per heavy atom. The summed E-state index contributed by atoms with van der Waals surface area (Å²) in [5, 5.41) is 9.27. The Hall–Kier alpha value is -2.09. The van der Waals surface area contributed by atoms with E-state index in [0.717, 1.165) is 0 Å². The van der Waals surface area contributed by atoms with Crippen LogP contribution in [0.2, 0.25) is 5.02 Å². The van der Waals surface area contributed by atoms with Gasteiger partial charge in [0.1, 0.15) is 11.6 Å². The van der Waals surface area contributed by atoms with Crippen LogP contribution in [0.3, 0.4) is 0 Å². The summed E-state index contributed by atoms with van der Waals surface area (Å²) in [6.07, 6.45) is 0. The molecular formula is C15H8Cl2FN3. The largest absolute Gasteiger partial charge is 0.294 e. The van der Waals surface area contributed by atoms with E-state index in [4.69, 9.17) is 28.5 Å². The Kier molecular flexibility index (Phi) is 3.54. The minimum absolute atomic E-state index is 0.159. The topological polar surface area (TPSA) is 41.6 Å². The van der Waals surface area contributed by atoms with E-state index in [1.165, 1.54) is 12.1 Å². The van der Waals surface area contributed by atoms with Crippen LogP contribution in [-0.2, 0) is 5.88 Å². The van der Waals surface area contributed by atoms with E-state index < -0.39 is 0 Å². The van der Waals surface area contributed by atoms with Crippen molar-refractivity contribution in [3.8, 4) is 11.8 Å². The van der Waals surface area contributed by atoms with Crippen molar-refractivity contribution >= 4 is 34.2 Å². The highest BCUT2D eigenvalue weighted by Crippen LogP contribution is 2.28. The monoisotopic (exact) mass is 319 g/mol. The number of nitriles is 1. The second-order valence-corrected chi connectivity index (χ2v) is 5.08. The molecule has 0 radical (unpaired) electrons. The van der Waals surface area contributed by atoms with E-state index in [2.05, 4.69) is 4.98 Å². The summed E-state index contributed by atoms with van der Waals surface area (Å²) in [6, 6.07) is 11.2. The van der Waals surface area contributed by atoms with Gasteiger partial charge in [-0.3, -0.25) is 4.57 Å². The number of halogens is 3. The maximum atomic E-state index is 13.5. The third-order valence-corrected chi connectivity index (χ3v) is 3.66. The van der Waals surface area contributed by atoms with Gasteiger partial charge in [0, 0.05) is 6.07 Å². The van der Waals surface area contributed by atoms with Crippen molar-refractivity contribution in [2.45, 2.75) is 5.88 Å². The van der Waals surface area contributed by atoms with E-state index >= 15 is 0 Å². The van der Waals surface area contributed by atoms with Crippen LogP contribution in [-0.4, -0.2) is 9.55 Å².